The molecule has 0 bridgehead atoms. The average molecular weight is 269 g/mol. The summed E-state index contributed by atoms with van der Waals surface area (Å²) >= 11 is 0. The Kier molecular flexibility index (Phi) is 6.84. The van der Waals surface area contributed by atoms with E-state index in [2.05, 4.69) is 0 Å². The molecule has 0 fully saturated rings. The van der Waals surface area contributed by atoms with Gasteiger partial charge < -0.3 is 14.2 Å². The van der Waals surface area contributed by atoms with Gasteiger partial charge in [-0.25, -0.2) is 0 Å². The lowest BCUT2D eigenvalue weighted by Crippen LogP contribution is -2.13. The Morgan fingerprint density at radius 3 is 2.32 bits per heavy atom. The predicted molar refractivity (Wildman–Crippen MR) is 70.5 cm³/mol. The van der Waals surface area contributed by atoms with Gasteiger partial charge in [-0.05, 0) is 26.0 Å². The van der Waals surface area contributed by atoms with Crippen LogP contribution in [0.4, 0.5) is 5.69 Å². The highest BCUT2D eigenvalue weighted by Crippen LogP contribution is 2.16. The number of ether oxygens (including phenoxy) is 3. The zero-order valence-corrected chi connectivity index (χ0v) is 11.2. The van der Waals surface area contributed by atoms with E-state index in [-0.39, 0.29) is 11.8 Å². The average Bonchev–Trinajstić information content (AvgIpc) is 2.38. The molecular formula is C13H19NO5. The molecule has 6 heteroatoms. The quantitative estimate of drug-likeness (QED) is 0.391. The number of nitro benzene ring substituents is 1. The van der Waals surface area contributed by atoms with Crippen LogP contribution in [0.3, 0.4) is 0 Å². The molecule has 1 aromatic carbocycles. The Labute approximate surface area is 112 Å². The van der Waals surface area contributed by atoms with Crippen molar-refractivity contribution in [1.82, 2.24) is 0 Å². The van der Waals surface area contributed by atoms with Gasteiger partial charge in [0.05, 0.1) is 30.8 Å². The van der Waals surface area contributed by atoms with Gasteiger partial charge >= 0.3 is 0 Å². The summed E-state index contributed by atoms with van der Waals surface area (Å²) in [7, 11) is 0. The summed E-state index contributed by atoms with van der Waals surface area (Å²) in [6.07, 6.45) is 0.208. The standard InChI is InChI=1S/C13H19NO5/c1-11(2)18-9-7-17-8-10-19-13-5-3-12(4-6-13)14(15)16/h3-6,11H,7-10H2,1-2H3. The van der Waals surface area contributed by atoms with Crippen LogP contribution in [0.25, 0.3) is 0 Å². The van der Waals surface area contributed by atoms with Crippen LogP contribution in [0, 0.1) is 10.1 Å². The second kappa shape index (κ2) is 8.44. The zero-order chi connectivity index (χ0) is 14.1. The second-order valence-corrected chi connectivity index (χ2v) is 4.13. The number of rotatable bonds is 9. The first-order valence-corrected chi connectivity index (χ1v) is 6.16. The maximum atomic E-state index is 10.5. The molecule has 0 N–H and O–H groups in total. The topological polar surface area (TPSA) is 70.8 Å². The lowest BCUT2D eigenvalue weighted by atomic mass is 10.3. The van der Waals surface area contributed by atoms with Crippen LogP contribution in [-0.4, -0.2) is 37.5 Å². The molecule has 1 rings (SSSR count). The molecule has 0 unspecified atom stereocenters. The van der Waals surface area contributed by atoms with Crippen LogP contribution >= 0.6 is 0 Å². The fraction of sp³-hybridized carbons (Fsp3) is 0.538. The van der Waals surface area contributed by atoms with E-state index in [9.17, 15) is 10.1 Å². The van der Waals surface area contributed by atoms with Crippen molar-refractivity contribution in [2.75, 3.05) is 26.4 Å². The molecule has 0 saturated carbocycles. The molecule has 0 spiro atoms. The van der Waals surface area contributed by atoms with Crippen molar-refractivity contribution >= 4 is 5.69 Å². The predicted octanol–water partition coefficient (Wildman–Crippen LogP) is 2.42. The Bertz CT molecular complexity index is 377. The third-order valence-corrected chi connectivity index (χ3v) is 2.22. The molecule has 0 aliphatic carbocycles. The van der Waals surface area contributed by atoms with E-state index in [1.807, 2.05) is 13.8 Å². The lowest BCUT2D eigenvalue weighted by Gasteiger charge is -2.09. The van der Waals surface area contributed by atoms with Crippen molar-refractivity contribution in [2.24, 2.45) is 0 Å². The van der Waals surface area contributed by atoms with Crippen LogP contribution in [0.2, 0.25) is 0 Å². The number of nitrogens with zero attached hydrogens (tertiary/aromatic N) is 1. The van der Waals surface area contributed by atoms with Gasteiger partial charge in [-0.1, -0.05) is 0 Å². The first-order chi connectivity index (χ1) is 9.09. The minimum Gasteiger partial charge on any atom is -0.491 e. The monoisotopic (exact) mass is 269 g/mol. The van der Waals surface area contributed by atoms with E-state index in [4.69, 9.17) is 14.2 Å². The Morgan fingerprint density at radius 2 is 1.74 bits per heavy atom. The number of nitro groups is 1. The van der Waals surface area contributed by atoms with Crippen molar-refractivity contribution in [3.63, 3.8) is 0 Å². The van der Waals surface area contributed by atoms with E-state index in [0.29, 0.717) is 32.2 Å². The van der Waals surface area contributed by atoms with Crippen molar-refractivity contribution in [1.29, 1.82) is 0 Å². The first kappa shape index (κ1) is 15.4. The van der Waals surface area contributed by atoms with Gasteiger partial charge in [0.25, 0.3) is 5.69 Å². The molecule has 0 saturated heterocycles. The van der Waals surface area contributed by atoms with Gasteiger partial charge in [-0.2, -0.15) is 0 Å². The van der Waals surface area contributed by atoms with E-state index in [1.165, 1.54) is 12.1 Å². The van der Waals surface area contributed by atoms with Gasteiger partial charge in [0, 0.05) is 12.1 Å². The van der Waals surface area contributed by atoms with Gasteiger partial charge in [-0.3, -0.25) is 10.1 Å². The largest absolute Gasteiger partial charge is 0.491 e. The molecule has 0 aliphatic heterocycles. The molecule has 106 valence electrons. The van der Waals surface area contributed by atoms with E-state index in [1.54, 1.807) is 12.1 Å². The normalized spacial score (nSPS) is 10.7. The van der Waals surface area contributed by atoms with Crippen LogP contribution in [0.1, 0.15) is 13.8 Å². The number of hydrogen-bond acceptors (Lipinski definition) is 5. The van der Waals surface area contributed by atoms with Gasteiger partial charge in [-0.15, -0.1) is 0 Å². The first-order valence-electron chi connectivity index (χ1n) is 6.16. The molecule has 0 aromatic heterocycles. The highest BCUT2D eigenvalue weighted by molar-refractivity contribution is 5.35. The molecular weight excluding hydrogens is 250 g/mol. The van der Waals surface area contributed by atoms with Gasteiger partial charge in [0.1, 0.15) is 12.4 Å². The fourth-order valence-corrected chi connectivity index (χ4v) is 1.33. The van der Waals surface area contributed by atoms with Crippen LogP contribution < -0.4 is 4.74 Å². The Morgan fingerprint density at radius 1 is 1.11 bits per heavy atom. The molecule has 0 radical (unpaired) electrons. The molecule has 19 heavy (non-hydrogen) atoms. The van der Waals surface area contributed by atoms with Crippen LogP contribution in [0.5, 0.6) is 5.75 Å². The smallest absolute Gasteiger partial charge is 0.269 e. The minimum atomic E-state index is -0.443. The third-order valence-electron chi connectivity index (χ3n) is 2.22. The van der Waals surface area contributed by atoms with Gasteiger partial charge in [0.2, 0.25) is 0 Å². The molecule has 0 aliphatic rings. The van der Waals surface area contributed by atoms with Crippen LogP contribution in [0.15, 0.2) is 24.3 Å². The highest BCUT2D eigenvalue weighted by Gasteiger charge is 2.04. The van der Waals surface area contributed by atoms with Crippen molar-refractivity contribution < 1.29 is 19.1 Å². The SMILES string of the molecule is CC(C)OCCOCCOc1ccc([N+](=O)[O-])cc1. The summed E-state index contributed by atoms with van der Waals surface area (Å²) in [6.45, 7) is 5.89. The summed E-state index contributed by atoms with van der Waals surface area (Å²) in [5.41, 5.74) is 0.0504. The van der Waals surface area contributed by atoms with E-state index in [0.717, 1.165) is 0 Å². The van der Waals surface area contributed by atoms with Gasteiger partial charge in [0.15, 0.2) is 0 Å². The molecule has 0 heterocycles. The fourth-order valence-electron chi connectivity index (χ4n) is 1.33. The molecule has 1 aromatic rings. The summed E-state index contributed by atoms with van der Waals surface area (Å²) in [6, 6.07) is 5.96. The van der Waals surface area contributed by atoms with E-state index < -0.39 is 4.92 Å². The maximum Gasteiger partial charge on any atom is 0.269 e. The molecule has 6 nitrogen and oxygen atoms in total. The number of non-ortho nitro benzene ring substituents is 1. The molecule has 0 atom stereocenters. The summed E-state index contributed by atoms with van der Waals surface area (Å²) in [4.78, 5) is 10.0. The maximum absolute atomic E-state index is 10.5. The number of benzene rings is 1. The summed E-state index contributed by atoms with van der Waals surface area (Å²) in [5.74, 6) is 0.590. The Balaban J connectivity index is 2.11. The Hall–Kier alpha value is -1.66. The summed E-state index contributed by atoms with van der Waals surface area (Å²) < 4.78 is 16.0. The highest BCUT2D eigenvalue weighted by atomic mass is 16.6. The summed E-state index contributed by atoms with van der Waals surface area (Å²) in [5, 5.41) is 10.5. The third kappa shape index (κ3) is 6.73. The second-order valence-electron chi connectivity index (χ2n) is 4.13. The zero-order valence-electron chi connectivity index (χ0n) is 11.2. The van der Waals surface area contributed by atoms with Crippen molar-refractivity contribution in [2.45, 2.75) is 20.0 Å². The van der Waals surface area contributed by atoms with Crippen molar-refractivity contribution in [3.8, 4) is 5.75 Å². The number of hydrogen-bond donors (Lipinski definition) is 0. The lowest BCUT2D eigenvalue weighted by molar-refractivity contribution is -0.384. The van der Waals surface area contributed by atoms with Crippen molar-refractivity contribution in [3.05, 3.63) is 34.4 Å². The minimum absolute atomic E-state index is 0.0504. The van der Waals surface area contributed by atoms with E-state index >= 15 is 0 Å². The van der Waals surface area contributed by atoms with Crippen LogP contribution in [-0.2, 0) is 9.47 Å². The molecule has 0 amide bonds.